The molecule has 1 N–H and O–H groups in total. The number of thiazole rings is 1. The van der Waals surface area contributed by atoms with Crippen molar-refractivity contribution in [2.24, 2.45) is 0 Å². The van der Waals surface area contributed by atoms with E-state index in [1.807, 2.05) is 18.7 Å². The SMILES string of the molecule is Cc1nc(C)c(C(=O)N2CCCC(NC(=O)c3cnccn3)CC2)s1. The van der Waals surface area contributed by atoms with Crippen LogP contribution in [0.25, 0.3) is 0 Å². The average molecular weight is 359 g/mol. The van der Waals surface area contributed by atoms with Gasteiger partial charge in [-0.15, -0.1) is 11.3 Å². The number of amides is 2. The third-order valence-electron chi connectivity index (χ3n) is 4.24. The topological polar surface area (TPSA) is 88.1 Å². The molecule has 7 nitrogen and oxygen atoms in total. The van der Waals surface area contributed by atoms with Crippen molar-refractivity contribution in [1.29, 1.82) is 0 Å². The predicted octanol–water partition coefficient (Wildman–Crippen LogP) is 1.97. The van der Waals surface area contributed by atoms with Crippen molar-refractivity contribution in [3.63, 3.8) is 0 Å². The first-order chi connectivity index (χ1) is 12.0. The maximum absolute atomic E-state index is 12.7. The Morgan fingerprint density at radius 3 is 2.76 bits per heavy atom. The third kappa shape index (κ3) is 4.19. The van der Waals surface area contributed by atoms with E-state index in [-0.39, 0.29) is 17.9 Å². The number of hydrogen-bond donors (Lipinski definition) is 1. The Morgan fingerprint density at radius 2 is 2.08 bits per heavy atom. The van der Waals surface area contributed by atoms with E-state index in [4.69, 9.17) is 0 Å². The van der Waals surface area contributed by atoms with Crippen molar-refractivity contribution in [3.8, 4) is 0 Å². The number of carbonyl (C=O) groups excluding carboxylic acids is 2. The molecule has 1 aliphatic rings. The van der Waals surface area contributed by atoms with E-state index in [1.54, 1.807) is 0 Å². The monoisotopic (exact) mass is 359 g/mol. The molecule has 25 heavy (non-hydrogen) atoms. The molecule has 2 aromatic rings. The summed E-state index contributed by atoms with van der Waals surface area (Å²) in [6.07, 6.45) is 6.92. The molecule has 0 spiro atoms. The van der Waals surface area contributed by atoms with Gasteiger partial charge in [0.2, 0.25) is 0 Å². The smallest absolute Gasteiger partial charge is 0.271 e. The quantitative estimate of drug-likeness (QED) is 0.905. The van der Waals surface area contributed by atoms with E-state index in [2.05, 4.69) is 20.3 Å². The van der Waals surface area contributed by atoms with Gasteiger partial charge in [0.1, 0.15) is 10.6 Å². The summed E-state index contributed by atoms with van der Waals surface area (Å²) >= 11 is 1.44. The lowest BCUT2D eigenvalue weighted by Gasteiger charge is -2.20. The second-order valence-corrected chi connectivity index (χ2v) is 7.33. The Labute approximate surface area is 150 Å². The van der Waals surface area contributed by atoms with Gasteiger partial charge in [-0.2, -0.15) is 0 Å². The molecule has 2 aromatic heterocycles. The number of nitrogens with zero attached hydrogens (tertiary/aromatic N) is 4. The van der Waals surface area contributed by atoms with Crippen molar-refractivity contribution < 1.29 is 9.59 Å². The Morgan fingerprint density at radius 1 is 1.24 bits per heavy atom. The molecule has 8 heteroatoms. The third-order valence-corrected chi connectivity index (χ3v) is 5.30. The van der Waals surface area contributed by atoms with Crippen molar-refractivity contribution in [1.82, 2.24) is 25.2 Å². The molecule has 0 aliphatic carbocycles. The summed E-state index contributed by atoms with van der Waals surface area (Å²) in [4.78, 5) is 39.8. The summed E-state index contributed by atoms with van der Waals surface area (Å²) in [6.45, 7) is 5.11. The minimum atomic E-state index is -0.216. The summed E-state index contributed by atoms with van der Waals surface area (Å²) in [6, 6.07) is 0.0385. The molecule has 3 heterocycles. The first-order valence-corrected chi connectivity index (χ1v) is 9.16. The van der Waals surface area contributed by atoms with Gasteiger partial charge in [0, 0.05) is 31.5 Å². The molecule has 0 radical (unpaired) electrons. The van der Waals surface area contributed by atoms with E-state index < -0.39 is 0 Å². The Hall–Kier alpha value is -2.35. The second kappa shape index (κ2) is 7.69. The fraction of sp³-hybridized carbons (Fsp3) is 0.471. The van der Waals surface area contributed by atoms with E-state index in [0.717, 1.165) is 34.8 Å². The van der Waals surface area contributed by atoms with E-state index in [1.165, 1.54) is 29.9 Å². The maximum atomic E-state index is 12.7. The van der Waals surface area contributed by atoms with Crippen LogP contribution in [0.3, 0.4) is 0 Å². The molecule has 1 saturated heterocycles. The zero-order chi connectivity index (χ0) is 17.8. The largest absolute Gasteiger partial charge is 0.348 e. The predicted molar refractivity (Wildman–Crippen MR) is 94.6 cm³/mol. The van der Waals surface area contributed by atoms with Crippen LogP contribution in [0.5, 0.6) is 0 Å². The lowest BCUT2D eigenvalue weighted by Crippen LogP contribution is -2.37. The van der Waals surface area contributed by atoms with Gasteiger partial charge in [-0.05, 0) is 33.1 Å². The fourth-order valence-electron chi connectivity index (χ4n) is 2.99. The highest BCUT2D eigenvalue weighted by Crippen LogP contribution is 2.21. The zero-order valence-electron chi connectivity index (χ0n) is 14.4. The summed E-state index contributed by atoms with van der Waals surface area (Å²) in [5.41, 5.74) is 1.11. The van der Waals surface area contributed by atoms with E-state index in [9.17, 15) is 9.59 Å². The normalized spacial score (nSPS) is 17.8. The molecule has 3 rings (SSSR count). The first-order valence-electron chi connectivity index (χ1n) is 8.35. The second-order valence-electron chi connectivity index (χ2n) is 6.13. The molecule has 2 amide bonds. The summed E-state index contributed by atoms with van der Waals surface area (Å²) < 4.78 is 0. The fourth-order valence-corrected chi connectivity index (χ4v) is 3.88. The highest BCUT2D eigenvalue weighted by molar-refractivity contribution is 7.13. The van der Waals surface area contributed by atoms with Crippen LogP contribution in [0.15, 0.2) is 18.6 Å². The van der Waals surface area contributed by atoms with Gasteiger partial charge in [0.15, 0.2) is 0 Å². The van der Waals surface area contributed by atoms with Crippen LogP contribution in [0, 0.1) is 13.8 Å². The highest BCUT2D eigenvalue weighted by Gasteiger charge is 2.25. The molecule has 0 aromatic carbocycles. The van der Waals surface area contributed by atoms with Crippen LogP contribution in [0.2, 0.25) is 0 Å². The molecule has 0 saturated carbocycles. The van der Waals surface area contributed by atoms with Gasteiger partial charge in [0.25, 0.3) is 11.8 Å². The lowest BCUT2D eigenvalue weighted by molar-refractivity contribution is 0.0764. The zero-order valence-corrected chi connectivity index (χ0v) is 15.2. The number of nitrogens with one attached hydrogen (secondary N) is 1. The molecule has 0 bridgehead atoms. The van der Waals surface area contributed by atoms with Crippen LogP contribution >= 0.6 is 11.3 Å². The van der Waals surface area contributed by atoms with Crippen LogP contribution in [-0.4, -0.2) is 50.8 Å². The number of aromatic nitrogens is 3. The molecule has 1 unspecified atom stereocenters. The van der Waals surface area contributed by atoms with E-state index >= 15 is 0 Å². The molecule has 1 aliphatic heterocycles. The highest BCUT2D eigenvalue weighted by atomic mass is 32.1. The van der Waals surface area contributed by atoms with Crippen molar-refractivity contribution >= 4 is 23.2 Å². The number of aryl methyl sites for hydroxylation is 2. The van der Waals surface area contributed by atoms with Crippen molar-refractivity contribution in [2.75, 3.05) is 13.1 Å². The van der Waals surface area contributed by atoms with Gasteiger partial charge in [-0.25, -0.2) is 9.97 Å². The molecule has 132 valence electrons. The molecule has 1 fully saturated rings. The van der Waals surface area contributed by atoms with Crippen LogP contribution in [-0.2, 0) is 0 Å². The molecular weight excluding hydrogens is 338 g/mol. The summed E-state index contributed by atoms with van der Waals surface area (Å²) in [5, 5.41) is 3.91. The number of carbonyl (C=O) groups is 2. The van der Waals surface area contributed by atoms with E-state index in [0.29, 0.717) is 18.8 Å². The summed E-state index contributed by atoms with van der Waals surface area (Å²) in [5.74, 6) is -0.171. The van der Waals surface area contributed by atoms with Crippen LogP contribution < -0.4 is 5.32 Å². The van der Waals surface area contributed by atoms with Crippen molar-refractivity contribution in [2.45, 2.75) is 39.2 Å². The number of likely N-dealkylation sites (tertiary alicyclic amines) is 1. The Kier molecular flexibility index (Phi) is 5.37. The van der Waals surface area contributed by atoms with Crippen LogP contribution in [0.4, 0.5) is 0 Å². The summed E-state index contributed by atoms with van der Waals surface area (Å²) in [7, 11) is 0. The standard InChI is InChI=1S/C17H21N5O2S/c1-11-15(25-12(2)20-11)17(24)22-8-3-4-13(5-9-22)21-16(23)14-10-18-6-7-19-14/h6-7,10,13H,3-5,8-9H2,1-2H3,(H,21,23). The van der Waals surface area contributed by atoms with Gasteiger partial charge in [0.05, 0.1) is 16.9 Å². The lowest BCUT2D eigenvalue weighted by atomic mass is 10.1. The molecule has 1 atom stereocenters. The number of hydrogen-bond acceptors (Lipinski definition) is 6. The Bertz CT molecular complexity index is 762. The van der Waals surface area contributed by atoms with Crippen molar-refractivity contribution in [3.05, 3.63) is 39.9 Å². The number of rotatable bonds is 3. The minimum absolute atomic E-state index is 0.0385. The minimum Gasteiger partial charge on any atom is -0.348 e. The Balaban J connectivity index is 1.60. The van der Waals surface area contributed by atoms with Gasteiger partial charge >= 0.3 is 0 Å². The molecular formula is C17H21N5O2S. The van der Waals surface area contributed by atoms with Gasteiger partial charge in [-0.1, -0.05) is 0 Å². The average Bonchev–Trinajstić information content (AvgIpc) is 2.81. The maximum Gasteiger partial charge on any atom is 0.271 e. The first kappa shape index (κ1) is 17.5. The van der Waals surface area contributed by atoms with Gasteiger partial charge < -0.3 is 10.2 Å². The van der Waals surface area contributed by atoms with Gasteiger partial charge in [-0.3, -0.25) is 14.6 Å². The van der Waals surface area contributed by atoms with Crippen LogP contribution in [0.1, 0.15) is 50.1 Å².